The predicted octanol–water partition coefficient (Wildman–Crippen LogP) is 3.42. The number of methoxy groups -OCH3 is 2. The molecule has 0 aliphatic carbocycles. The van der Waals surface area contributed by atoms with Crippen LogP contribution in [0.4, 0.5) is 11.4 Å². The summed E-state index contributed by atoms with van der Waals surface area (Å²) in [5.41, 5.74) is 1.79. The lowest BCUT2D eigenvalue weighted by atomic mass is 10.2. The summed E-state index contributed by atoms with van der Waals surface area (Å²) in [6.07, 6.45) is 1.66. The lowest BCUT2D eigenvalue weighted by Gasteiger charge is -2.12. The van der Waals surface area contributed by atoms with Crippen molar-refractivity contribution >= 4 is 17.3 Å². The maximum atomic E-state index is 12.3. The SMILES string of the molecule is COc1ccc(NC(=O)c2ccc(NCC(C)C)cn2)c(OC)c1. The molecule has 0 radical (unpaired) electrons. The van der Waals surface area contributed by atoms with E-state index in [1.54, 1.807) is 37.6 Å². The lowest BCUT2D eigenvalue weighted by molar-refractivity contribution is 0.102. The van der Waals surface area contributed by atoms with E-state index in [1.165, 1.54) is 7.11 Å². The zero-order valence-corrected chi connectivity index (χ0v) is 14.4. The number of carbonyl (C=O) groups excluding carboxylic acids is 1. The van der Waals surface area contributed by atoms with Crippen molar-refractivity contribution in [1.82, 2.24) is 4.98 Å². The van der Waals surface area contributed by atoms with Gasteiger partial charge in [0, 0.05) is 12.6 Å². The van der Waals surface area contributed by atoms with Crippen LogP contribution in [0.2, 0.25) is 0 Å². The van der Waals surface area contributed by atoms with Gasteiger partial charge in [-0.25, -0.2) is 4.98 Å². The summed E-state index contributed by atoms with van der Waals surface area (Å²) in [6.45, 7) is 5.12. The molecule has 6 nitrogen and oxygen atoms in total. The van der Waals surface area contributed by atoms with Crippen LogP contribution in [0.15, 0.2) is 36.5 Å². The fraction of sp³-hybridized carbons (Fsp3) is 0.333. The average Bonchev–Trinajstić information content (AvgIpc) is 2.60. The highest BCUT2D eigenvalue weighted by Crippen LogP contribution is 2.29. The smallest absolute Gasteiger partial charge is 0.274 e. The summed E-state index contributed by atoms with van der Waals surface area (Å²) in [5.74, 6) is 1.42. The molecule has 6 heteroatoms. The van der Waals surface area contributed by atoms with E-state index >= 15 is 0 Å². The molecule has 0 bridgehead atoms. The molecule has 128 valence electrons. The second-order valence-electron chi connectivity index (χ2n) is 5.73. The number of aromatic nitrogens is 1. The molecule has 24 heavy (non-hydrogen) atoms. The maximum absolute atomic E-state index is 12.3. The first-order valence-corrected chi connectivity index (χ1v) is 7.76. The minimum absolute atomic E-state index is 0.297. The molecule has 1 amide bonds. The van der Waals surface area contributed by atoms with E-state index in [0.29, 0.717) is 28.8 Å². The molecule has 2 N–H and O–H groups in total. The Morgan fingerprint density at radius 3 is 2.54 bits per heavy atom. The Morgan fingerprint density at radius 1 is 1.17 bits per heavy atom. The minimum Gasteiger partial charge on any atom is -0.497 e. The standard InChI is InChI=1S/C18H23N3O3/c1-12(2)10-19-13-5-7-16(20-11-13)18(22)21-15-8-6-14(23-3)9-17(15)24-4/h5-9,11-12,19H,10H2,1-4H3,(H,21,22). The van der Waals surface area contributed by atoms with Gasteiger partial charge in [-0.1, -0.05) is 13.8 Å². The number of benzene rings is 1. The number of amides is 1. The number of hydrogen-bond acceptors (Lipinski definition) is 5. The molecule has 0 aliphatic heterocycles. The van der Waals surface area contributed by atoms with Gasteiger partial charge in [-0.3, -0.25) is 4.79 Å². The van der Waals surface area contributed by atoms with Gasteiger partial charge < -0.3 is 20.1 Å². The van der Waals surface area contributed by atoms with Crippen molar-refractivity contribution in [1.29, 1.82) is 0 Å². The first kappa shape index (κ1) is 17.6. The van der Waals surface area contributed by atoms with Crippen LogP contribution in [0.5, 0.6) is 11.5 Å². The number of hydrogen-bond donors (Lipinski definition) is 2. The summed E-state index contributed by atoms with van der Waals surface area (Å²) in [6, 6.07) is 8.73. The molecule has 0 unspecified atom stereocenters. The van der Waals surface area contributed by atoms with Crippen molar-refractivity contribution in [3.8, 4) is 11.5 Å². The Bertz CT molecular complexity index is 684. The highest BCUT2D eigenvalue weighted by atomic mass is 16.5. The van der Waals surface area contributed by atoms with Crippen LogP contribution in [0.1, 0.15) is 24.3 Å². The number of rotatable bonds is 7. The Labute approximate surface area is 142 Å². The van der Waals surface area contributed by atoms with Gasteiger partial charge in [0.1, 0.15) is 17.2 Å². The van der Waals surface area contributed by atoms with E-state index in [-0.39, 0.29) is 5.91 Å². The highest BCUT2D eigenvalue weighted by Gasteiger charge is 2.12. The summed E-state index contributed by atoms with van der Waals surface area (Å²) in [7, 11) is 3.11. The van der Waals surface area contributed by atoms with E-state index < -0.39 is 0 Å². The number of nitrogens with zero attached hydrogens (tertiary/aromatic N) is 1. The van der Waals surface area contributed by atoms with Gasteiger partial charge in [0.05, 0.1) is 31.8 Å². The van der Waals surface area contributed by atoms with Crippen LogP contribution in [0.3, 0.4) is 0 Å². The van der Waals surface area contributed by atoms with Crippen LogP contribution in [0, 0.1) is 5.92 Å². The summed E-state index contributed by atoms with van der Waals surface area (Å²) >= 11 is 0. The van der Waals surface area contributed by atoms with Crippen molar-refractivity contribution < 1.29 is 14.3 Å². The first-order valence-electron chi connectivity index (χ1n) is 7.76. The van der Waals surface area contributed by atoms with Gasteiger partial charge in [-0.2, -0.15) is 0 Å². The minimum atomic E-state index is -0.297. The number of pyridine rings is 1. The molecular formula is C18H23N3O3. The molecule has 0 saturated carbocycles. The lowest BCUT2D eigenvalue weighted by Crippen LogP contribution is -2.15. The zero-order chi connectivity index (χ0) is 17.5. The van der Waals surface area contributed by atoms with Crippen molar-refractivity contribution in [2.75, 3.05) is 31.4 Å². The molecule has 2 aromatic rings. The van der Waals surface area contributed by atoms with Crippen molar-refractivity contribution in [3.05, 3.63) is 42.2 Å². The molecule has 1 heterocycles. The van der Waals surface area contributed by atoms with Gasteiger partial charge >= 0.3 is 0 Å². The first-order chi connectivity index (χ1) is 11.5. The van der Waals surface area contributed by atoms with Gasteiger partial charge in [0.15, 0.2) is 0 Å². The summed E-state index contributed by atoms with van der Waals surface area (Å²) in [4.78, 5) is 16.5. The molecule has 0 saturated heterocycles. The average molecular weight is 329 g/mol. The molecule has 2 rings (SSSR count). The van der Waals surface area contributed by atoms with Crippen LogP contribution >= 0.6 is 0 Å². The fourth-order valence-corrected chi connectivity index (χ4v) is 2.04. The maximum Gasteiger partial charge on any atom is 0.274 e. The van der Waals surface area contributed by atoms with Crippen LogP contribution < -0.4 is 20.1 Å². The van der Waals surface area contributed by atoms with E-state index in [2.05, 4.69) is 29.5 Å². The highest BCUT2D eigenvalue weighted by molar-refractivity contribution is 6.03. The van der Waals surface area contributed by atoms with Gasteiger partial charge in [0.2, 0.25) is 0 Å². The number of ether oxygens (including phenoxy) is 2. The van der Waals surface area contributed by atoms with Crippen LogP contribution in [0.25, 0.3) is 0 Å². The molecule has 1 aromatic carbocycles. The van der Waals surface area contributed by atoms with E-state index in [4.69, 9.17) is 9.47 Å². The zero-order valence-electron chi connectivity index (χ0n) is 14.4. The molecule has 1 aromatic heterocycles. The largest absolute Gasteiger partial charge is 0.497 e. The Balaban J connectivity index is 2.07. The third-order valence-electron chi connectivity index (χ3n) is 3.37. The Hall–Kier alpha value is -2.76. The monoisotopic (exact) mass is 329 g/mol. The molecule has 0 fully saturated rings. The normalized spacial score (nSPS) is 10.4. The van der Waals surface area contributed by atoms with Crippen molar-refractivity contribution in [2.45, 2.75) is 13.8 Å². The molecule has 0 aliphatic rings. The second kappa shape index (κ2) is 8.19. The topological polar surface area (TPSA) is 72.5 Å². The van der Waals surface area contributed by atoms with Crippen molar-refractivity contribution in [2.24, 2.45) is 5.92 Å². The fourth-order valence-electron chi connectivity index (χ4n) is 2.04. The number of carbonyl (C=O) groups is 1. The van der Waals surface area contributed by atoms with Gasteiger partial charge in [-0.05, 0) is 30.2 Å². The van der Waals surface area contributed by atoms with Crippen LogP contribution in [-0.4, -0.2) is 31.7 Å². The summed E-state index contributed by atoms with van der Waals surface area (Å²) < 4.78 is 10.4. The molecule has 0 spiro atoms. The predicted molar refractivity (Wildman–Crippen MR) is 95.1 cm³/mol. The van der Waals surface area contributed by atoms with E-state index in [0.717, 1.165) is 12.2 Å². The Kier molecular flexibility index (Phi) is 6.01. The molecular weight excluding hydrogens is 306 g/mol. The van der Waals surface area contributed by atoms with E-state index in [1.807, 2.05) is 6.07 Å². The van der Waals surface area contributed by atoms with Gasteiger partial charge in [0.25, 0.3) is 5.91 Å². The van der Waals surface area contributed by atoms with Gasteiger partial charge in [-0.15, -0.1) is 0 Å². The second-order valence-corrected chi connectivity index (χ2v) is 5.73. The third kappa shape index (κ3) is 4.62. The number of anilines is 2. The molecule has 0 atom stereocenters. The van der Waals surface area contributed by atoms with Crippen LogP contribution in [-0.2, 0) is 0 Å². The van der Waals surface area contributed by atoms with E-state index in [9.17, 15) is 4.79 Å². The van der Waals surface area contributed by atoms with Crippen molar-refractivity contribution in [3.63, 3.8) is 0 Å². The Morgan fingerprint density at radius 2 is 1.96 bits per heavy atom. The summed E-state index contributed by atoms with van der Waals surface area (Å²) in [5, 5.41) is 6.06. The quantitative estimate of drug-likeness (QED) is 0.814. The third-order valence-corrected chi connectivity index (χ3v) is 3.37. The number of nitrogens with one attached hydrogen (secondary N) is 2.